The van der Waals surface area contributed by atoms with Gasteiger partial charge in [-0.05, 0) is 12.5 Å². The molecule has 0 bridgehead atoms. The summed E-state index contributed by atoms with van der Waals surface area (Å²) in [7, 11) is 0. The topological polar surface area (TPSA) is 114 Å². The number of nitrogen functional groups attached to an aromatic ring is 1. The first-order valence-corrected chi connectivity index (χ1v) is 9.19. The average molecular weight is 391 g/mol. The van der Waals surface area contributed by atoms with Crippen LogP contribution in [0.2, 0.25) is 5.02 Å². The minimum Gasteiger partial charge on any atom is -0.390 e. The Morgan fingerprint density at radius 3 is 2.85 bits per heavy atom. The van der Waals surface area contributed by atoms with E-state index in [9.17, 15) is 5.11 Å². The van der Waals surface area contributed by atoms with Gasteiger partial charge in [-0.1, -0.05) is 29.3 Å². The van der Waals surface area contributed by atoms with Crippen LogP contribution in [0.3, 0.4) is 0 Å². The number of nitrogens with zero attached hydrogens (tertiary/aromatic N) is 4. The van der Waals surface area contributed by atoms with Crippen LogP contribution in [0.15, 0.2) is 34.6 Å². The minimum atomic E-state index is -0.708. The van der Waals surface area contributed by atoms with Gasteiger partial charge in [0.2, 0.25) is 0 Å². The monoisotopic (exact) mass is 390 g/mol. The maximum Gasteiger partial charge on any atom is 0.147 e. The maximum atomic E-state index is 10.4. The van der Waals surface area contributed by atoms with Gasteiger partial charge in [0, 0.05) is 30.7 Å². The van der Waals surface area contributed by atoms with Crippen molar-refractivity contribution in [1.82, 2.24) is 15.0 Å². The van der Waals surface area contributed by atoms with E-state index < -0.39 is 11.5 Å². The van der Waals surface area contributed by atoms with Crippen LogP contribution in [0.4, 0.5) is 11.6 Å². The molecule has 3 heterocycles. The summed E-state index contributed by atoms with van der Waals surface area (Å²) in [4.78, 5) is 15.5. The van der Waals surface area contributed by atoms with Crippen molar-refractivity contribution in [3.8, 4) is 12.3 Å². The molecule has 1 aliphatic rings. The van der Waals surface area contributed by atoms with Crippen LogP contribution >= 0.6 is 23.4 Å². The SMILES string of the molecule is C#C[C@@]1(CN)CCN(c2cnc(Sc3ccnc(N)c3Cl)cn2)C[C@@H]1O. The lowest BCUT2D eigenvalue weighted by Crippen LogP contribution is -2.53. The molecule has 2 aromatic heterocycles. The lowest BCUT2D eigenvalue weighted by atomic mass is 9.77. The number of nitrogens with two attached hydrogens (primary N) is 2. The summed E-state index contributed by atoms with van der Waals surface area (Å²) in [6.07, 6.45) is 10.4. The van der Waals surface area contributed by atoms with Crippen molar-refractivity contribution in [2.45, 2.75) is 22.4 Å². The molecule has 26 heavy (non-hydrogen) atoms. The summed E-state index contributed by atoms with van der Waals surface area (Å²) in [5.74, 6) is 3.62. The summed E-state index contributed by atoms with van der Waals surface area (Å²) >= 11 is 7.50. The van der Waals surface area contributed by atoms with Gasteiger partial charge in [-0.2, -0.15) is 0 Å². The van der Waals surface area contributed by atoms with Gasteiger partial charge >= 0.3 is 0 Å². The molecule has 0 radical (unpaired) electrons. The van der Waals surface area contributed by atoms with Crippen LogP contribution in [0.25, 0.3) is 0 Å². The summed E-state index contributed by atoms with van der Waals surface area (Å²) in [5.41, 5.74) is 10.8. The second-order valence-electron chi connectivity index (χ2n) is 6.04. The Morgan fingerprint density at radius 2 is 2.23 bits per heavy atom. The van der Waals surface area contributed by atoms with Crippen LogP contribution in [0, 0.1) is 17.8 Å². The number of aliphatic hydroxyl groups excluding tert-OH is 1. The van der Waals surface area contributed by atoms with E-state index in [2.05, 4.69) is 20.9 Å². The first-order valence-electron chi connectivity index (χ1n) is 8.00. The molecule has 0 amide bonds. The first-order chi connectivity index (χ1) is 12.5. The molecule has 2 aromatic rings. The highest BCUT2D eigenvalue weighted by atomic mass is 35.5. The Morgan fingerprint density at radius 1 is 1.42 bits per heavy atom. The number of aromatic nitrogens is 3. The second kappa shape index (κ2) is 7.68. The highest BCUT2D eigenvalue weighted by molar-refractivity contribution is 7.99. The summed E-state index contributed by atoms with van der Waals surface area (Å²) in [6.45, 7) is 1.29. The summed E-state index contributed by atoms with van der Waals surface area (Å²) in [5, 5.41) is 11.5. The van der Waals surface area contributed by atoms with Crippen molar-refractivity contribution in [3.63, 3.8) is 0 Å². The van der Waals surface area contributed by atoms with Crippen molar-refractivity contribution in [1.29, 1.82) is 0 Å². The fraction of sp³-hybridized carbons (Fsp3) is 0.353. The number of β-amino-alcohol motifs (C(OH)–C–C–N with tert-alkyl or cyclic N) is 1. The zero-order valence-corrected chi connectivity index (χ0v) is 15.5. The zero-order chi connectivity index (χ0) is 18.7. The van der Waals surface area contributed by atoms with Gasteiger partial charge in [0.25, 0.3) is 0 Å². The highest BCUT2D eigenvalue weighted by Gasteiger charge is 2.40. The van der Waals surface area contributed by atoms with E-state index in [-0.39, 0.29) is 12.4 Å². The number of halogens is 1. The predicted molar refractivity (Wildman–Crippen MR) is 103 cm³/mol. The molecule has 1 fully saturated rings. The molecule has 9 heteroatoms. The third kappa shape index (κ3) is 3.57. The van der Waals surface area contributed by atoms with Crippen LogP contribution in [-0.2, 0) is 0 Å². The third-order valence-electron chi connectivity index (χ3n) is 4.54. The number of pyridine rings is 1. The number of aliphatic hydroxyl groups is 1. The van der Waals surface area contributed by atoms with Gasteiger partial charge < -0.3 is 21.5 Å². The molecule has 0 saturated carbocycles. The molecule has 7 nitrogen and oxygen atoms in total. The Balaban J connectivity index is 1.71. The minimum absolute atomic E-state index is 0.260. The number of hydrogen-bond donors (Lipinski definition) is 3. The molecule has 0 spiro atoms. The van der Waals surface area contributed by atoms with Gasteiger partial charge in [-0.25, -0.2) is 15.0 Å². The molecule has 5 N–H and O–H groups in total. The van der Waals surface area contributed by atoms with E-state index >= 15 is 0 Å². The molecule has 1 saturated heterocycles. The Labute approximate surface area is 161 Å². The standard InChI is InChI=1S/C17H19ClN6OS/c1-2-17(10-19)4-6-24(9-12(17)25)13-7-23-14(8-22-13)26-11-3-5-21-16(20)15(11)18/h1,3,5,7-8,12,25H,4,6,9-10,19H2,(H2,20,21)/t12-,17-/m0/s1. The maximum absolute atomic E-state index is 10.4. The van der Waals surface area contributed by atoms with Gasteiger partial charge in [0.15, 0.2) is 0 Å². The first kappa shape index (κ1) is 18.7. The lowest BCUT2D eigenvalue weighted by molar-refractivity contribution is 0.0548. The number of hydrogen-bond acceptors (Lipinski definition) is 8. The van der Waals surface area contributed by atoms with E-state index in [1.54, 1.807) is 24.7 Å². The molecule has 0 unspecified atom stereocenters. The fourth-order valence-electron chi connectivity index (χ4n) is 2.81. The van der Waals surface area contributed by atoms with Gasteiger partial charge in [-0.3, -0.25) is 0 Å². The summed E-state index contributed by atoms with van der Waals surface area (Å²) < 4.78 is 0. The molecular formula is C17H19ClN6OS. The number of terminal acetylenes is 1. The molecule has 1 aliphatic heterocycles. The number of anilines is 2. The smallest absolute Gasteiger partial charge is 0.147 e. The van der Waals surface area contributed by atoms with E-state index in [0.717, 1.165) is 4.90 Å². The second-order valence-corrected chi connectivity index (χ2v) is 7.48. The van der Waals surface area contributed by atoms with E-state index in [1.807, 2.05) is 4.90 Å². The predicted octanol–water partition coefficient (Wildman–Crippen LogP) is 1.41. The van der Waals surface area contributed by atoms with E-state index in [4.69, 9.17) is 29.5 Å². The quantitative estimate of drug-likeness (QED) is 0.671. The van der Waals surface area contributed by atoms with Crippen LogP contribution in [0.1, 0.15) is 6.42 Å². The zero-order valence-electron chi connectivity index (χ0n) is 14.0. The van der Waals surface area contributed by atoms with E-state index in [1.165, 1.54) is 11.8 Å². The molecule has 3 rings (SSSR count). The molecule has 0 aliphatic carbocycles. The van der Waals surface area contributed by atoms with Crippen molar-refractivity contribution in [2.24, 2.45) is 11.1 Å². The third-order valence-corrected chi connectivity index (χ3v) is 6.03. The molecule has 0 aromatic carbocycles. The van der Waals surface area contributed by atoms with Crippen molar-refractivity contribution >= 4 is 35.0 Å². The Hall–Kier alpha value is -2.05. The molecule has 136 valence electrons. The van der Waals surface area contributed by atoms with Crippen LogP contribution in [-0.4, -0.2) is 45.8 Å². The Kier molecular flexibility index (Phi) is 5.53. The highest BCUT2D eigenvalue weighted by Crippen LogP contribution is 2.35. The van der Waals surface area contributed by atoms with Gasteiger partial charge in [-0.15, -0.1) is 6.42 Å². The van der Waals surface area contributed by atoms with Gasteiger partial charge in [0.05, 0.1) is 28.9 Å². The average Bonchev–Trinajstić information content (AvgIpc) is 2.66. The lowest BCUT2D eigenvalue weighted by Gasteiger charge is -2.42. The number of piperidine rings is 1. The normalized spacial score (nSPS) is 22.8. The number of rotatable bonds is 4. The van der Waals surface area contributed by atoms with Gasteiger partial charge in [0.1, 0.15) is 16.7 Å². The molecule has 2 atom stereocenters. The largest absolute Gasteiger partial charge is 0.390 e. The Bertz CT molecular complexity index is 827. The fourth-order valence-corrected chi connectivity index (χ4v) is 3.79. The summed E-state index contributed by atoms with van der Waals surface area (Å²) in [6, 6.07) is 1.77. The van der Waals surface area contributed by atoms with Crippen LogP contribution in [0.5, 0.6) is 0 Å². The molecular weight excluding hydrogens is 372 g/mol. The van der Waals surface area contributed by atoms with E-state index in [0.29, 0.717) is 35.4 Å². The van der Waals surface area contributed by atoms with Crippen molar-refractivity contribution in [2.75, 3.05) is 30.3 Å². The van der Waals surface area contributed by atoms with Crippen molar-refractivity contribution in [3.05, 3.63) is 29.7 Å². The van der Waals surface area contributed by atoms with Crippen LogP contribution < -0.4 is 16.4 Å². The van der Waals surface area contributed by atoms with Crippen molar-refractivity contribution < 1.29 is 5.11 Å².